The minimum absolute atomic E-state index is 0.0587. The van der Waals surface area contributed by atoms with Crippen molar-refractivity contribution in [1.29, 1.82) is 0 Å². The van der Waals surface area contributed by atoms with Crippen molar-refractivity contribution in [2.24, 2.45) is 5.73 Å². The maximum Gasteiger partial charge on any atom is 0.0449 e. The summed E-state index contributed by atoms with van der Waals surface area (Å²) in [7, 11) is 0. The van der Waals surface area contributed by atoms with Crippen molar-refractivity contribution >= 4 is 27.5 Å². The first-order chi connectivity index (χ1) is 9.11. The van der Waals surface area contributed by atoms with Gasteiger partial charge in [-0.15, -0.1) is 0 Å². The van der Waals surface area contributed by atoms with Crippen molar-refractivity contribution in [3.8, 4) is 0 Å². The fourth-order valence-corrected chi connectivity index (χ4v) is 2.88. The number of pyridine rings is 1. The van der Waals surface area contributed by atoms with E-state index in [1.165, 1.54) is 5.56 Å². The van der Waals surface area contributed by atoms with E-state index in [1.807, 2.05) is 30.5 Å². The Morgan fingerprint density at radius 1 is 1.32 bits per heavy atom. The number of halogens is 2. The number of hydrogen-bond donors (Lipinski definition) is 1. The fourth-order valence-electron chi connectivity index (χ4n) is 2.13. The molecule has 2 N–H and O–H groups in total. The number of nitrogens with two attached hydrogens (primary N) is 1. The first-order valence-electron chi connectivity index (χ1n) is 6.24. The minimum atomic E-state index is -0.0587. The molecule has 1 aromatic carbocycles. The van der Waals surface area contributed by atoms with E-state index in [0.29, 0.717) is 0 Å². The lowest BCUT2D eigenvalue weighted by Crippen LogP contribution is -2.15. The molecule has 1 heterocycles. The van der Waals surface area contributed by atoms with Gasteiger partial charge in [0, 0.05) is 27.9 Å². The topological polar surface area (TPSA) is 38.9 Å². The van der Waals surface area contributed by atoms with Crippen molar-refractivity contribution in [1.82, 2.24) is 4.98 Å². The van der Waals surface area contributed by atoms with E-state index in [4.69, 9.17) is 17.3 Å². The van der Waals surface area contributed by atoms with Gasteiger partial charge in [-0.25, -0.2) is 0 Å². The maximum absolute atomic E-state index is 6.31. The molecule has 4 heteroatoms. The summed E-state index contributed by atoms with van der Waals surface area (Å²) in [5.41, 5.74) is 9.73. The molecule has 0 saturated carbocycles. The smallest absolute Gasteiger partial charge is 0.0449 e. The molecule has 1 atom stereocenters. The van der Waals surface area contributed by atoms with Crippen LogP contribution < -0.4 is 5.73 Å². The fraction of sp³-hybridized carbons (Fsp3) is 0.267. The van der Waals surface area contributed by atoms with Crippen molar-refractivity contribution in [2.45, 2.75) is 25.8 Å². The lowest BCUT2D eigenvalue weighted by atomic mass is 9.96. The molecular weight excluding hydrogens is 324 g/mol. The van der Waals surface area contributed by atoms with Crippen LogP contribution in [-0.2, 0) is 12.8 Å². The number of nitrogens with zero attached hydrogens (tertiary/aromatic N) is 1. The summed E-state index contributed by atoms with van der Waals surface area (Å²) in [6, 6.07) is 7.84. The molecule has 0 aliphatic carbocycles. The first kappa shape index (κ1) is 14.5. The third-order valence-electron chi connectivity index (χ3n) is 3.18. The number of rotatable bonds is 4. The molecule has 100 valence electrons. The SMILES string of the molecule is CCc1cnccc1C(N)Cc1ccc(Br)cc1Cl. The zero-order valence-electron chi connectivity index (χ0n) is 10.7. The van der Waals surface area contributed by atoms with Gasteiger partial charge < -0.3 is 5.73 Å². The normalized spacial score (nSPS) is 12.4. The zero-order chi connectivity index (χ0) is 13.8. The molecule has 1 aromatic heterocycles. The second-order valence-electron chi connectivity index (χ2n) is 4.47. The third-order valence-corrected chi connectivity index (χ3v) is 4.02. The summed E-state index contributed by atoms with van der Waals surface area (Å²) < 4.78 is 0.980. The second-order valence-corrected chi connectivity index (χ2v) is 5.80. The summed E-state index contributed by atoms with van der Waals surface area (Å²) in [6.45, 7) is 2.11. The van der Waals surface area contributed by atoms with Crippen LogP contribution in [0, 0.1) is 0 Å². The molecule has 0 spiro atoms. The van der Waals surface area contributed by atoms with Crippen molar-refractivity contribution in [2.75, 3.05) is 0 Å². The van der Waals surface area contributed by atoms with Gasteiger partial charge in [-0.3, -0.25) is 4.98 Å². The summed E-state index contributed by atoms with van der Waals surface area (Å²) >= 11 is 9.64. The molecule has 0 aliphatic rings. The molecule has 0 bridgehead atoms. The van der Waals surface area contributed by atoms with Crippen LogP contribution in [0.15, 0.2) is 41.1 Å². The Kier molecular flexibility index (Phi) is 4.97. The maximum atomic E-state index is 6.31. The van der Waals surface area contributed by atoms with Crippen molar-refractivity contribution in [3.63, 3.8) is 0 Å². The molecule has 0 amide bonds. The van der Waals surface area contributed by atoms with Gasteiger partial charge in [0.15, 0.2) is 0 Å². The van der Waals surface area contributed by atoms with E-state index >= 15 is 0 Å². The highest BCUT2D eigenvalue weighted by molar-refractivity contribution is 9.10. The van der Waals surface area contributed by atoms with Crippen LogP contribution in [0.3, 0.4) is 0 Å². The van der Waals surface area contributed by atoms with Crippen LogP contribution in [-0.4, -0.2) is 4.98 Å². The van der Waals surface area contributed by atoms with Crippen LogP contribution in [0.2, 0.25) is 5.02 Å². The predicted molar refractivity (Wildman–Crippen MR) is 83.4 cm³/mol. The molecule has 2 rings (SSSR count). The van der Waals surface area contributed by atoms with E-state index in [1.54, 1.807) is 6.20 Å². The van der Waals surface area contributed by atoms with Gasteiger partial charge in [-0.1, -0.05) is 40.5 Å². The highest BCUT2D eigenvalue weighted by atomic mass is 79.9. The van der Waals surface area contributed by atoms with E-state index in [9.17, 15) is 0 Å². The molecular formula is C15H16BrClN2. The van der Waals surface area contributed by atoms with Gasteiger partial charge in [0.25, 0.3) is 0 Å². The standard InChI is InChI=1S/C15H16BrClN2/c1-2-10-9-19-6-5-13(10)15(18)7-11-3-4-12(16)8-14(11)17/h3-6,8-9,15H,2,7,18H2,1H3. The zero-order valence-corrected chi connectivity index (χ0v) is 13.1. The molecule has 0 aliphatic heterocycles. The number of aryl methyl sites for hydroxylation is 1. The molecule has 19 heavy (non-hydrogen) atoms. The van der Waals surface area contributed by atoms with Crippen LogP contribution >= 0.6 is 27.5 Å². The number of benzene rings is 1. The minimum Gasteiger partial charge on any atom is -0.324 e. The Balaban J connectivity index is 2.23. The quantitative estimate of drug-likeness (QED) is 0.902. The Morgan fingerprint density at radius 3 is 2.79 bits per heavy atom. The van der Waals surface area contributed by atoms with Gasteiger partial charge in [0.1, 0.15) is 0 Å². The molecule has 0 fully saturated rings. The highest BCUT2D eigenvalue weighted by Gasteiger charge is 2.12. The summed E-state index contributed by atoms with van der Waals surface area (Å²) in [4.78, 5) is 4.15. The Hall–Kier alpha value is -0.900. The van der Waals surface area contributed by atoms with Crippen molar-refractivity contribution < 1.29 is 0 Å². The van der Waals surface area contributed by atoms with Crippen LogP contribution in [0.5, 0.6) is 0 Å². The molecule has 0 radical (unpaired) electrons. The van der Waals surface area contributed by atoms with Crippen LogP contribution in [0.1, 0.15) is 29.7 Å². The molecule has 1 unspecified atom stereocenters. The molecule has 2 aromatic rings. The first-order valence-corrected chi connectivity index (χ1v) is 7.41. The Morgan fingerprint density at radius 2 is 2.11 bits per heavy atom. The van der Waals surface area contributed by atoms with Gasteiger partial charge in [0.2, 0.25) is 0 Å². The lowest BCUT2D eigenvalue weighted by molar-refractivity contribution is 0.710. The monoisotopic (exact) mass is 338 g/mol. The lowest BCUT2D eigenvalue weighted by Gasteiger charge is -2.16. The molecule has 2 nitrogen and oxygen atoms in total. The summed E-state index contributed by atoms with van der Waals surface area (Å²) in [5.74, 6) is 0. The second kappa shape index (κ2) is 6.51. The Labute approximate surface area is 127 Å². The van der Waals surface area contributed by atoms with Crippen molar-refractivity contribution in [3.05, 3.63) is 62.8 Å². The third kappa shape index (κ3) is 3.56. The van der Waals surface area contributed by atoms with Gasteiger partial charge in [-0.2, -0.15) is 0 Å². The number of hydrogen-bond acceptors (Lipinski definition) is 2. The average Bonchev–Trinajstić information content (AvgIpc) is 2.41. The molecule has 0 saturated heterocycles. The van der Waals surface area contributed by atoms with E-state index in [2.05, 4.69) is 27.8 Å². The average molecular weight is 340 g/mol. The largest absolute Gasteiger partial charge is 0.324 e. The predicted octanol–water partition coefficient (Wildman–Crippen LogP) is 4.30. The van der Waals surface area contributed by atoms with E-state index in [0.717, 1.165) is 33.5 Å². The van der Waals surface area contributed by atoms with E-state index in [-0.39, 0.29) is 6.04 Å². The van der Waals surface area contributed by atoms with E-state index < -0.39 is 0 Å². The summed E-state index contributed by atoms with van der Waals surface area (Å²) in [5, 5.41) is 0.747. The van der Waals surface area contributed by atoms with Crippen LogP contribution in [0.4, 0.5) is 0 Å². The van der Waals surface area contributed by atoms with Crippen LogP contribution in [0.25, 0.3) is 0 Å². The summed E-state index contributed by atoms with van der Waals surface area (Å²) in [6.07, 6.45) is 5.34. The van der Waals surface area contributed by atoms with Gasteiger partial charge in [0.05, 0.1) is 0 Å². The Bertz CT molecular complexity index is 572. The number of aromatic nitrogens is 1. The van der Waals surface area contributed by atoms with Gasteiger partial charge in [-0.05, 0) is 47.7 Å². The highest BCUT2D eigenvalue weighted by Crippen LogP contribution is 2.26. The van der Waals surface area contributed by atoms with Gasteiger partial charge >= 0.3 is 0 Å².